The zero-order valence-corrected chi connectivity index (χ0v) is 11.0. The molecule has 0 aromatic carbocycles. The number of carbonyl (C=O) groups excluding carboxylic acids is 2. The van der Waals surface area contributed by atoms with Gasteiger partial charge in [0, 0.05) is 5.92 Å². The Morgan fingerprint density at radius 3 is 1.89 bits per heavy atom. The van der Waals surface area contributed by atoms with E-state index < -0.39 is 23.5 Å². The molecule has 0 amide bonds. The van der Waals surface area contributed by atoms with Gasteiger partial charge in [0.25, 0.3) is 0 Å². The molecule has 4 nitrogen and oxygen atoms in total. The summed E-state index contributed by atoms with van der Waals surface area (Å²) in [6, 6.07) is 0. The quantitative estimate of drug-likeness (QED) is 0.562. The standard InChI is InChI=1S/C13H21FO4/c1-3-17-11(15)13(14,12(16)18-4-2)10-8-6-5-7-9-10/h10H,3-9H2,1-2H3. The topological polar surface area (TPSA) is 52.6 Å². The molecule has 1 saturated carbocycles. The van der Waals surface area contributed by atoms with Gasteiger partial charge in [0.15, 0.2) is 0 Å². The highest BCUT2D eigenvalue weighted by Gasteiger charge is 2.55. The van der Waals surface area contributed by atoms with Crippen LogP contribution in [0.5, 0.6) is 0 Å². The Labute approximate surface area is 107 Å². The van der Waals surface area contributed by atoms with Crippen molar-refractivity contribution in [1.82, 2.24) is 0 Å². The molecule has 0 radical (unpaired) electrons. The second kappa shape index (κ2) is 6.71. The fourth-order valence-electron chi connectivity index (χ4n) is 2.39. The van der Waals surface area contributed by atoms with Crippen LogP contribution in [-0.4, -0.2) is 30.8 Å². The first-order valence-corrected chi connectivity index (χ1v) is 6.60. The Hall–Kier alpha value is -1.13. The molecule has 104 valence electrons. The maximum atomic E-state index is 14.9. The Kier molecular flexibility index (Phi) is 5.56. The molecule has 0 spiro atoms. The highest BCUT2D eigenvalue weighted by molar-refractivity contribution is 6.03. The van der Waals surface area contributed by atoms with Gasteiger partial charge in [-0.1, -0.05) is 19.3 Å². The monoisotopic (exact) mass is 260 g/mol. The predicted molar refractivity (Wildman–Crippen MR) is 63.7 cm³/mol. The zero-order valence-electron chi connectivity index (χ0n) is 11.0. The number of esters is 2. The second-order valence-electron chi connectivity index (χ2n) is 4.49. The molecule has 0 N–H and O–H groups in total. The van der Waals surface area contributed by atoms with Gasteiger partial charge < -0.3 is 9.47 Å². The molecule has 1 rings (SSSR count). The summed E-state index contributed by atoms with van der Waals surface area (Å²) in [6.07, 6.45) is 3.71. The molecule has 5 heteroatoms. The van der Waals surface area contributed by atoms with Gasteiger partial charge in [0.05, 0.1) is 13.2 Å². The van der Waals surface area contributed by atoms with Crippen molar-refractivity contribution in [3.63, 3.8) is 0 Å². The van der Waals surface area contributed by atoms with E-state index in [1.54, 1.807) is 13.8 Å². The van der Waals surface area contributed by atoms with Crippen molar-refractivity contribution >= 4 is 11.9 Å². The van der Waals surface area contributed by atoms with E-state index in [4.69, 9.17) is 9.47 Å². The molecule has 0 bridgehead atoms. The van der Waals surface area contributed by atoms with Gasteiger partial charge >= 0.3 is 17.6 Å². The van der Waals surface area contributed by atoms with E-state index in [1.165, 1.54) is 0 Å². The molecule has 0 heterocycles. The molecule has 0 saturated heterocycles. The fourth-order valence-corrected chi connectivity index (χ4v) is 2.39. The summed E-state index contributed by atoms with van der Waals surface area (Å²) in [5.74, 6) is -2.82. The van der Waals surface area contributed by atoms with Gasteiger partial charge in [-0.25, -0.2) is 14.0 Å². The Morgan fingerprint density at radius 1 is 1.06 bits per heavy atom. The lowest BCUT2D eigenvalue weighted by Gasteiger charge is -2.32. The summed E-state index contributed by atoms with van der Waals surface area (Å²) in [4.78, 5) is 23.6. The molecule has 0 aliphatic heterocycles. The predicted octanol–water partition coefficient (Wildman–Crippen LogP) is 2.40. The lowest BCUT2D eigenvalue weighted by atomic mass is 9.78. The molecule has 0 aromatic rings. The van der Waals surface area contributed by atoms with Gasteiger partial charge in [-0.05, 0) is 26.7 Å². The van der Waals surface area contributed by atoms with Crippen LogP contribution in [0.15, 0.2) is 0 Å². The molecule has 18 heavy (non-hydrogen) atoms. The Balaban J connectivity index is 2.91. The van der Waals surface area contributed by atoms with Crippen molar-refractivity contribution in [2.24, 2.45) is 5.92 Å². The second-order valence-corrected chi connectivity index (χ2v) is 4.49. The van der Waals surface area contributed by atoms with Crippen LogP contribution in [0.2, 0.25) is 0 Å². The van der Waals surface area contributed by atoms with Gasteiger partial charge in [-0.15, -0.1) is 0 Å². The maximum Gasteiger partial charge on any atom is 0.356 e. The smallest absolute Gasteiger partial charge is 0.356 e. The van der Waals surface area contributed by atoms with E-state index in [-0.39, 0.29) is 13.2 Å². The summed E-state index contributed by atoms with van der Waals surface area (Å²) in [6.45, 7) is 3.28. The maximum absolute atomic E-state index is 14.9. The highest BCUT2D eigenvalue weighted by Crippen LogP contribution is 2.37. The number of halogens is 1. The Morgan fingerprint density at radius 2 is 1.50 bits per heavy atom. The number of ether oxygens (including phenoxy) is 2. The average Bonchev–Trinajstić information content (AvgIpc) is 2.39. The van der Waals surface area contributed by atoms with Gasteiger partial charge in [0.2, 0.25) is 0 Å². The van der Waals surface area contributed by atoms with E-state index in [0.717, 1.165) is 19.3 Å². The van der Waals surface area contributed by atoms with Crippen molar-refractivity contribution in [1.29, 1.82) is 0 Å². The minimum Gasteiger partial charge on any atom is -0.463 e. The normalized spacial score (nSPS) is 17.3. The summed E-state index contributed by atoms with van der Waals surface area (Å²) in [5.41, 5.74) is -2.63. The van der Waals surface area contributed by atoms with E-state index in [2.05, 4.69) is 0 Å². The van der Waals surface area contributed by atoms with E-state index in [0.29, 0.717) is 12.8 Å². The summed E-state index contributed by atoms with van der Waals surface area (Å²) < 4.78 is 24.3. The Bertz CT molecular complexity index is 279. The highest BCUT2D eigenvalue weighted by atomic mass is 19.1. The summed E-state index contributed by atoms with van der Waals surface area (Å²) in [5, 5.41) is 0. The van der Waals surface area contributed by atoms with Crippen molar-refractivity contribution in [3.05, 3.63) is 0 Å². The summed E-state index contributed by atoms with van der Waals surface area (Å²) >= 11 is 0. The van der Waals surface area contributed by atoms with E-state index >= 15 is 0 Å². The van der Waals surface area contributed by atoms with Gasteiger partial charge in [-0.2, -0.15) is 0 Å². The third-order valence-electron chi connectivity index (χ3n) is 3.31. The lowest BCUT2D eigenvalue weighted by Crippen LogP contribution is -2.51. The largest absolute Gasteiger partial charge is 0.463 e. The SMILES string of the molecule is CCOC(=O)C(F)(C(=O)OCC)C1CCCCC1. The molecule has 0 atom stereocenters. The van der Waals surface area contributed by atoms with Crippen LogP contribution in [0.1, 0.15) is 46.0 Å². The third kappa shape index (κ3) is 3.00. The van der Waals surface area contributed by atoms with Crippen molar-refractivity contribution < 1.29 is 23.5 Å². The number of rotatable bonds is 5. The third-order valence-corrected chi connectivity index (χ3v) is 3.31. The van der Waals surface area contributed by atoms with Crippen LogP contribution in [-0.2, 0) is 19.1 Å². The average molecular weight is 260 g/mol. The number of carbonyl (C=O) groups is 2. The lowest BCUT2D eigenvalue weighted by molar-refractivity contribution is -0.180. The molecular formula is C13H21FO4. The minimum absolute atomic E-state index is 0.0522. The van der Waals surface area contributed by atoms with Gasteiger partial charge in [-0.3, -0.25) is 0 Å². The number of hydrogen-bond acceptors (Lipinski definition) is 4. The van der Waals surface area contributed by atoms with Crippen molar-refractivity contribution in [2.75, 3.05) is 13.2 Å². The molecule has 1 aliphatic rings. The molecule has 0 unspecified atom stereocenters. The minimum atomic E-state index is -2.63. The number of hydrogen-bond donors (Lipinski definition) is 0. The van der Waals surface area contributed by atoms with Crippen LogP contribution in [0, 0.1) is 5.92 Å². The molecule has 1 fully saturated rings. The number of alkyl halides is 1. The van der Waals surface area contributed by atoms with E-state index in [1.807, 2.05) is 0 Å². The molecule has 0 aromatic heterocycles. The molecular weight excluding hydrogens is 239 g/mol. The van der Waals surface area contributed by atoms with E-state index in [9.17, 15) is 14.0 Å². The first-order valence-electron chi connectivity index (χ1n) is 6.60. The molecule has 1 aliphatic carbocycles. The van der Waals surface area contributed by atoms with Gasteiger partial charge in [0.1, 0.15) is 0 Å². The van der Waals surface area contributed by atoms with Crippen LogP contribution >= 0.6 is 0 Å². The zero-order chi connectivity index (χ0) is 13.6. The van der Waals surface area contributed by atoms with Crippen LogP contribution in [0.25, 0.3) is 0 Å². The van der Waals surface area contributed by atoms with Crippen molar-refractivity contribution in [2.45, 2.75) is 51.6 Å². The first-order chi connectivity index (χ1) is 8.57. The van der Waals surface area contributed by atoms with Crippen LogP contribution in [0.3, 0.4) is 0 Å². The summed E-state index contributed by atoms with van der Waals surface area (Å²) in [7, 11) is 0. The van der Waals surface area contributed by atoms with Crippen LogP contribution in [0.4, 0.5) is 4.39 Å². The van der Waals surface area contributed by atoms with Crippen molar-refractivity contribution in [3.8, 4) is 0 Å². The van der Waals surface area contributed by atoms with Crippen LogP contribution < -0.4 is 0 Å². The fraction of sp³-hybridized carbons (Fsp3) is 0.846. The first kappa shape index (κ1) is 14.9.